The first-order valence-electron chi connectivity index (χ1n) is 7.23. The van der Waals surface area contributed by atoms with Gasteiger partial charge < -0.3 is 4.18 Å². The third-order valence-electron chi connectivity index (χ3n) is 3.83. The second-order valence-corrected chi connectivity index (χ2v) is 6.30. The molecular weight excluding hydrogens is 299 g/mol. The molecule has 2 aromatic rings. The number of allylic oxidation sites excluding steroid dienone is 2. The molecule has 1 atom stereocenters. The zero-order valence-electron chi connectivity index (χ0n) is 12.3. The van der Waals surface area contributed by atoms with Gasteiger partial charge >= 0.3 is 0 Å². The van der Waals surface area contributed by atoms with Crippen molar-refractivity contribution in [2.75, 3.05) is 6.26 Å². The van der Waals surface area contributed by atoms with Crippen LogP contribution in [-0.2, 0) is 11.1 Å². The van der Waals surface area contributed by atoms with Crippen LogP contribution in [0.5, 0.6) is 5.75 Å². The third-order valence-corrected chi connectivity index (χ3v) is 4.25. The molecule has 1 unspecified atom stereocenters. The molecule has 0 amide bonds. The third kappa shape index (κ3) is 3.28. The maximum Gasteiger partial charge on any atom is 0.203 e. The maximum atomic E-state index is 13.1. The van der Waals surface area contributed by atoms with Crippen LogP contribution in [-0.4, -0.2) is 10.5 Å². The summed E-state index contributed by atoms with van der Waals surface area (Å²) in [6.07, 6.45) is 4.64. The van der Waals surface area contributed by atoms with Crippen molar-refractivity contribution in [2.24, 2.45) is 0 Å². The van der Waals surface area contributed by atoms with Crippen molar-refractivity contribution in [1.29, 1.82) is 0 Å². The lowest BCUT2D eigenvalue weighted by molar-refractivity contribution is 0.568. The predicted molar refractivity (Wildman–Crippen MR) is 88.2 cm³/mol. The average molecular weight is 316 g/mol. The summed E-state index contributed by atoms with van der Waals surface area (Å²) in [6.45, 7) is 0. The minimum Gasteiger partial charge on any atom is -0.401 e. The zero-order chi connectivity index (χ0) is 15.5. The molecule has 1 aliphatic rings. The Morgan fingerprint density at radius 2 is 1.41 bits per heavy atom. The van der Waals surface area contributed by atoms with Crippen molar-refractivity contribution in [3.63, 3.8) is 0 Å². The molecule has 0 radical (unpaired) electrons. The van der Waals surface area contributed by atoms with Crippen molar-refractivity contribution >= 4 is 22.2 Å². The first-order chi connectivity index (χ1) is 10.6. The number of benzene rings is 2. The molecule has 0 bridgehead atoms. The van der Waals surface area contributed by atoms with Gasteiger partial charge in [0.2, 0.25) is 11.1 Å². The highest BCUT2D eigenvalue weighted by Crippen LogP contribution is 2.40. The molecule has 0 aromatic heterocycles. The van der Waals surface area contributed by atoms with E-state index in [4.69, 9.17) is 4.18 Å². The van der Waals surface area contributed by atoms with Crippen molar-refractivity contribution in [3.8, 4) is 5.75 Å². The van der Waals surface area contributed by atoms with Gasteiger partial charge in [0.05, 0.1) is 0 Å². The molecule has 0 N–H and O–H groups in total. The van der Waals surface area contributed by atoms with Crippen molar-refractivity contribution in [2.45, 2.75) is 19.3 Å². The second kappa shape index (κ2) is 6.44. The molecule has 1 aliphatic carbocycles. The lowest BCUT2D eigenvalue weighted by Gasteiger charge is -2.09. The summed E-state index contributed by atoms with van der Waals surface area (Å²) in [5.41, 5.74) is 4.82. The molecule has 0 saturated heterocycles. The van der Waals surface area contributed by atoms with Gasteiger partial charge in [0.15, 0.2) is 0 Å². The zero-order valence-corrected chi connectivity index (χ0v) is 13.2. The Kier molecular flexibility index (Phi) is 4.39. The minimum atomic E-state index is -1.31. The molecule has 114 valence electrons. The molecule has 0 spiro atoms. The lowest BCUT2D eigenvalue weighted by atomic mass is 9.97. The van der Waals surface area contributed by atoms with Gasteiger partial charge in [0, 0.05) is 6.26 Å². The van der Waals surface area contributed by atoms with Crippen LogP contribution in [0, 0.1) is 5.82 Å². The van der Waals surface area contributed by atoms with Crippen LogP contribution in [0.1, 0.15) is 30.4 Å². The topological polar surface area (TPSA) is 26.3 Å². The highest BCUT2D eigenvalue weighted by molar-refractivity contribution is 7.79. The summed E-state index contributed by atoms with van der Waals surface area (Å²) in [6, 6.07) is 14.4. The number of hydrogen-bond acceptors (Lipinski definition) is 2. The summed E-state index contributed by atoms with van der Waals surface area (Å²) in [5, 5.41) is 0. The van der Waals surface area contributed by atoms with Gasteiger partial charge in [0.1, 0.15) is 11.6 Å². The van der Waals surface area contributed by atoms with E-state index in [0.717, 1.165) is 30.4 Å². The molecular formula is C18H17FO2S. The van der Waals surface area contributed by atoms with Gasteiger partial charge in [-0.3, -0.25) is 0 Å². The summed E-state index contributed by atoms with van der Waals surface area (Å²) in [7, 11) is 0. The Morgan fingerprint density at radius 3 is 1.91 bits per heavy atom. The molecule has 4 heteroatoms. The Balaban J connectivity index is 1.92. The van der Waals surface area contributed by atoms with Crippen LogP contribution in [0.3, 0.4) is 0 Å². The van der Waals surface area contributed by atoms with E-state index in [2.05, 4.69) is 0 Å². The van der Waals surface area contributed by atoms with E-state index in [0.29, 0.717) is 5.75 Å². The molecule has 3 rings (SSSR count). The highest BCUT2D eigenvalue weighted by atomic mass is 32.2. The average Bonchev–Trinajstić information content (AvgIpc) is 2.97. The van der Waals surface area contributed by atoms with Crippen LogP contribution in [0.25, 0.3) is 11.1 Å². The number of halogens is 1. The van der Waals surface area contributed by atoms with Crippen LogP contribution in [0.4, 0.5) is 4.39 Å². The van der Waals surface area contributed by atoms with E-state index in [1.54, 1.807) is 0 Å². The predicted octanol–water partition coefficient (Wildman–Crippen LogP) is 4.59. The number of rotatable bonds is 4. The van der Waals surface area contributed by atoms with Gasteiger partial charge in [-0.25, -0.2) is 8.60 Å². The normalized spacial score (nSPS) is 15.9. The molecule has 2 nitrogen and oxygen atoms in total. The highest BCUT2D eigenvalue weighted by Gasteiger charge is 2.17. The second-order valence-electron chi connectivity index (χ2n) is 5.33. The van der Waals surface area contributed by atoms with Gasteiger partial charge in [-0.15, -0.1) is 0 Å². The fraction of sp³-hybridized carbons (Fsp3) is 0.222. The summed E-state index contributed by atoms with van der Waals surface area (Å²) >= 11 is -1.31. The molecule has 22 heavy (non-hydrogen) atoms. The first kappa shape index (κ1) is 15.0. The fourth-order valence-electron chi connectivity index (χ4n) is 2.88. The van der Waals surface area contributed by atoms with E-state index in [1.807, 2.05) is 36.4 Å². The summed E-state index contributed by atoms with van der Waals surface area (Å²) in [4.78, 5) is 0. The molecule has 0 saturated carbocycles. The summed E-state index contributed by atoms with van der Waals surface area (Å²) < 4.78 is 29.3. The SMILES string of the molecule is CS(=O)Oc1ccc(C2=C(c3ccc(F)cc3)CCC2)cc1. The quantitative estimate of drug-likeness (QED) is 0.824. The first-order valence-corrected chi connectivity index (χ1v) is 8.72. The van der Waals surface area contributed by atoms with Gasteiger partial charge in [-0.05, 0) is 65.8 Å². The number of hydrogen-bond donors (Lipinski definition) is 0. The Morgan fingerprint density at radius 1 is 0.909 bits per heavy atom. The Labute approximate surface area is 132 Å². The van der Waals surface area contributed by atoms with Crippen molar-refractivity contribution < 1.29 is 12.8 Å². The van der Waals surface area contributed by atoms with Crippen molar-refractivity contribution in [1.82, 2.24) is 0 Å². The standard InChI is InChI=1S/C18H17FO2S/c1-22(20)21-16-11-7-14(8-12-16)18-4-2-3-17(18)13-5-9-15(19)10-6-13/h5-12H,2-4H2,1H3. The lowest BCUT2D eigenvalue weighted by Crippen LogP contribution is -1.96. The maximum absolute atomic E-state index is 13.1. The van der Waals surface area contributed by atoms with E-state index >= 15 is 0 Å². The fourth-order valence-corrected chi connectivity index (χ4v) is 3.26. The van der Waals surface area contributed by atoms with E-state index in [-0.39, 0.29) is 5.82 Å². The Bertz CT molecular complexity index is 718. The molecule has 0 heterocycles. The molecule has 2 aromatic carbocycles. The van der Waals surface area contributed by atoms with Crippen LogP contribution < -0.4 is 4.18 Å². The largest absolute Gasteiger partial charge is 0.401 e. The monoisotopic (exact) mass is 316 g/mol. The van der Waals surface area contributed by atoms with E-state index in [9.17, 15) is 8.60 Å². The smallest absolute Gasteiger partial charge is 0.203 e. The molecule has 0 fully saturated rings. The van der Waals surface area contributed by atoms with Crippen LogP contribution in [0.15, 0.2) is 48.5 Å². The minimum absolute atomic E-state index is 0.210. The molecule has 0 aliphatic heterocycles. The van der Waals surface area contributed by atoms with Crippen molar-refractivity contribution in [3.05, 3.63) is 65.5 Å². The van der Waals surface area contributed by atoms with Gasteiger partial charge in [-0.2, -0.15) is 0 Å². The summed E-state index contributed by atoms with van der Waals surface area (Å²) in [5.74, 6) is 0.393. The van der Waals surface area contributed by atoms with E-state index in [1.165, 1.54) is 29.5 Å². The van der Waals surface area contributed by atoms with Crippen LogP contribution >= 0.6 is 0 Å². The Hall–Kier alpha value is -1.94. The van der Waals surface area contributed by atoms with Gasteiger partial charge in [0.25, 0.3) is 0 Å². The van der Waals surface area contributed by atoms with Gasteiger partial charge in [-0.1, -0.05) is 24.3 Å². The van der Waals surface area contributed by atoms with E-state index < -0.39 is 11.1 Å². The van der Waals surface area contributed by atoms with Crippen LogP contribution in [0.2, 0.25) is 0 Å².